The molecule has 0 atom stereocenters. The molecular weight excluding hydrogens is 342 g/mol. The first-order valence-electron chi connectivity index (χ1n) is 9.63. The van der Waals surface area contributed by atoms with Crippen molar-refractivity contribution < 1.29 is 4.42 Å². The second kappa shape index (κ2) is 5.49. The molecule has 4 aromatic carbocycles. The van der Waals surface area contributed by atoms with Crippen molar-refractivity contribution in [2.24, 2.45) is 0 Å². The molecule has 2 heterocycles. The predicted octanol–water partition coefficient (Wildman–Crippen LogP) is 7.30. The largest absolute Gasteiger partial charge is 0.456 e. The average molecular weight is 361 g/mol. The van der Waals surface area contributed by atoms with Crippen LogP contribution in [-0.4, -0.2) is 4.57 Å². The summed E-state index contributed by atoms with van der Waals surface area (Å²) in [6.07, 6.45) is 0. The molecule has 0 amide bonds. The second-order valence-corrected chi connectivity index (χ2v) is 7.55. The van der Waals surface area contributed by atoms with Crippen LogP contribution in [0.3, 0.4) is 0 Å². The van der Waals surface area contributed by atoms with Crippen LogP contribution in [0.1, 0.15) is 11.1 Å². The minimum absolute atomic E-state index is 0.929. The Balaban J connectivity index is 1.79. The third-order valence-electron chi connectivity index (χ3n) is 5.84. The van der Waals surface area contributed by atoms with Crippen molar-refractivity contribution in [1.29, 1.82) is 0 Å². The van der Waals surface area contributed by atoms with Crippen molar-refractivity contribution in [3.8, 4) is 5.69 Å². The summed E-state index contributed by atoms with van der Waals surface area (Å²) in [5.41, 5.74) is 8.15. The van der Waals surface area contributed by atoms with Crippen LogP contribution in [-0.2, 0) is 0 Å². The Bertz CT molecular complexity index is 1530. The van der Waals surface area contributed by atoms with E-state index in [0.717, 1.165) is 21.9 Å². The summed E-state index contributed by atoms with van der Waals surface area (Å²) in [4.78, 5) is 0. The van der Waals surface area contributed by atoms with Gasteiger partial charge >= 0.3 is 0 Å². The summed E-state index contributed by atoms with van der Waals surface area (Å²) in [7, 11) is 0. The molecule has 0 bridgehead atoms. The molecule has 2 nitrogen and oxygen atoms in total. The van der Waals surface area contributed by atoms with Crippen molar-refractivity contribution in [2.45, 2.75) is 13.8 Å². The van der Waals surface area contributed by atoms with E-state index >= 15 is 0 Å². The maximum Gasteiger partial charge on any atom is 0.135 e. The van der Waals surface area contributed by atoms with Crippen molar-refractivity contribution >= 4 is 43.7 Å². The molecule has 6 aromatic rings. The first-order valence-corrected chi connectivity index (χ1v) is 9.63. The third kappa shape index (κ3) is 1.97. The molecule has 0 saturated heterocycles. The highest BCUT2D eigenvalue weighted by atomic mass is 16.3. The van der Waals surface area contributed by atoms with Gasteiger partial charge in [-0.3, -0.25) is 0 Å². The van der Waals surface area contributed by atoms with E-state index in [1.54, 1.807) is 0 Å². The normalized spacial score (nSPS) is 11.9. The summed E-state index contributed by atoms with van der Waals surface area (Å²) < 4.78 is 8.43. The molecule has 0 radical (unpaired) electrons. The van der Waals surface area contributed by atoms with E-state index in [4.69, 9.17) is 4.42 Å². The second-order valence-electron chi connectivity index (χ2n) is 7.55. The Hall–Kier alpha value is -3.52. The molecule has 0 spiro atoms. The first-order chi connectivity index (χ1) is 13.7. The maximum atomic E-state index is 6.03. The number of aryl methyl sites for hydroxylation is 2. The highest BCUT2D eigenvalue weighted by Crippen LogP contribution is 2.37. The number of fused-ring (bicyclic) bond motifs is 6. The Morgan fingerprint density at radius 1 is 0.643 bits per heavy atom. The maximum absolute atomic E-state index is 6.03. The minimum Gasteiger partial charge on any atom is -0.456 e. The summed E-state index contributed by atoms with van der Waals surface area (Å²) in [6.45, 7) is 4.40. The van der Waals surface area contributed by atoms with E-state index in [2.05, 4.69) is 85.1 Å². The molecule has 2 heteroatoms. The minimum atomic E-state index is 0.929. The Kier molecular flexibility index (Phi) is 3.05. The lowest BCUT2D eigenvalue weighted by Crippen LogP contribution is -1.95. The van der Waals surface area contributed by atoms with E-state index < -0.39 is 0 Å². The molecule has 0 aliphatic heterocycles. The zero-order valence-corrected chi connectivity index (χ0v) is 15.9. The van der Waals surface area contributed by atoms with Gasteiger partial charge in [0.2, 0.25) is 0 Å². The lowest BCUT2D eigenvalue weighted by atomic mass is 10.0. The zero-order chi connectivity index (χ0) is 18.8. The molecule has 0 unspecified atom stereocenters. The number of aromatic nitrogens is 1. The quantitative estimate of drug-likeness (QED) is 0.300. The van der Waals surface area contributed by atoms with Crippen LogP contribution in [0, 0.1) is 13.8 Å². The van der Waals surface area contributed by atoms with Crippen molar-refractivity contribution in [3.63, 3.8) is 0 Å². The standard InChI is InChI=1S/C26H19NO/c1-16-11-12-17(2)26-25(16)20-8-3-5-9-22(20)27(26)18-13-14-24-21(15-18)19-7-4-6-10-23(19)28-24/h3-15H,1-2H3. The Morgan fingerprint density at radius 2 is 1.36 bits per heavy atom. The molecule has 0 N–H and O–H groups in total. The number of hydrogen-bond acceptors (Lipinski definition) is 1. The lowest BCUT2D eigenvalue weighted by Gasteiger charge is -2.10. The highest BCUT2D eigenvalue weighted by molar-refractivity contribution is 6.12. The fraction of sp³-hybridized carbons (Fsp3) is 0.0769. The van der Waals surface area contributed by atoms with Crippen LogP contribution < -0.4 is 0 Å². The predicted molar refractivity (Wildman–Crippen MR) is 118 cm³/mol. The van der Waals surface area contributed by atoms with Crippen molar-refractivity contribution in [1.82, 2.24) is 4.57 Å². The van der Waals surface area contributed by atoms with Gasteiger partial charge in [-0.25, -0.2) is 0 Å². The highest BCUT2D eigenvalue weighted by Gasteiger charge is 2.16. The van der Waals surface area contributed by atoms with E-state index in [0.29, 0.717) is 0 Å². The number of furan rings is 1. The van der Waals surface area contributed by atoms with Gasteiger partial charge in [-0.2, -0.15) is 0 Å². The fourth-order valence-electron chi connectivity index (χ4n) is 4.55. The van der Waals surface area contributed by atoms with Gasteiger partial charge in [-0.15, -0.1) is 0 Å². The van der Waals surface area contributed by atoms with Crippen LogP contribution in [0.15, 0.2) is 83.3 Å². The third-order valence-corrected chi connectivity index (χ3v) is 5.84. The van der Waals surface area contributed by atoms with Gasteiger partial charge < -0.3 is 8.98 Å². The molecule has 0 saturated carbocycles. The van der Waals surface area contributed by atoms with Gasteiger partial charge in [0.1, 0.15) is 11.2 Å². The Morgan fingerprint density at radius 3 is 2.25 bits per heavy atom. The number of hydrogen-bond donors (Lipinski definition) is 0. The van der Waals surface area contributed by atoms with E-state index in [-0.39, 0.29) is 0 Å². The molecule has 6 rings (SSSR count). The Labute approximate surface area is 162 Å². The molecule has 0 fully saturated rings. The lowest BCUT2D eigenvalue weighted by molar-refractivity contribution is 0.669. The number of para-hydroxylation sites is 2. The van der Waals surface area contributed by atoms with Gasteiger partial charge in [0, 0.05) is 27.2 Å². The van der Waals surface area contributed by atoms with Gasteiger partial charge in [0.05, 0.1) is 11.0 Å². The fourth-order valence-corrected chi connectivity index (χ4v) is 4.55. The molecule has 28 heavy (non-hydrogen) atoms. The van der Waals surface area contributed by atoms with Crippen LogP contribution >= 0.6 is 0 Å². The van der Waals surface area contributed by atoms with Crippen LogP contribution in [0.4, 0.5) is 0 Å². The molecule has 0 aliphatic carbocycles. The van der Waals surface area contributed by atoms with Crippen LogP contribution in [0.5, 0.6) is 0 Å². The van der Waals surface area contributed by atoms with Gasteiger partial charge in [0.25, 0.3) is 0 Å². The monoisotopic (exact) mass is 361 g/mol. The molecular formula is C26H19NO. The zero-order valence-electron chi connectivity index (χ0n) is 15.9. The van der Waals surface area contributed by atoms with Gasteiger partial charge in [-0.1, -0.05) is 48.5 Å². The average Bonchev–Trinajstić information content (AvgIpc) is 3.27. The SMILES string of the molecule is Cc1ccc(C)c2c1c1ccccc1n2-c1ccc2oc3ccccc3c2c1. The van der Waals surface area contributed by atoms with E-state index in [1.165, 1.54) is 38.6 Å². The van der Waals surface area contributed by atoms with Crippen molar-refractivity contribution in [3.05, 3.63) is 90.0 Å². The van der Waals surface area contributed by atoms with E-state index in [9.17, 15) is 0 Å². The van der Waals surface area contributed by atoms with Crippen LogP contribution in [0.25, 0.3) is 49.4 Å². The first kappa shape index (κ1) is 15.5. The van der Waals surface area contributed by atoms with Crippen LogP contribution in [0.2, 0.25) is 0 Å². The number of benzene rings is 4. The van der Waals surface area contributed by atoms with Gasteiger partial charge in [-0.05, 0) is 55.3 Å². The molecule has 2 aromatic heterocycles. The summed E-state index contributed by atoms with van der Waals surface area (Å²) in [6, 6.07) is 27.9. The smallest absolute Gasteiger partial charge is 0.135 e. The molecule has 134 valence electrons. The van der Waals surface area contributed by atoms with Gasteiger partial charge in [0.15, 0.2) is 0 Å². The number of nitrogens with zero attached hydrogens (tertiary/aromatic N) is 1. The summed E-state index contributed by atoms with van der Waals surface area (Å²) in [5.74, 6) is 0. The summed E-state index contributed by atoms with van der Waals surface area (Å²) >= 11 is 0. The molecule has 0 aliphatic rings. The number of rotatable bonds is 1. The van der Waals surface area contributed by atoms with E-state index in [1.807, 2.05) is 12.1 Å². The summed E-state index contributed by atoms with van der Waals surface area (Å²) in [5, 5.41) is 4.96. The topological polar surface area (TPSA) is 18.1 Å². The van der Waals surface area contributed by atoms with Crippen molar-refractivity contribution in [2.75, 3.05) is 0 Å².